The Bertz CT molecular complexity index is 642. The Morgan fingerprint density at radius 3 is 2.45 bits per heavy atom. The van der Waals surface area contributed by atoms with E-state index in [2.05, 4.69) is 74.6 Å². The molecule has 0 aromatic heterocycles. The summed E-state index contributed by atoms with van der Waals surface area (Å²) in [6.45, 7) is 4.36. The molecule has 0 atom stereocenters. The van der Waals surface area contributed by atoms with Gasteiger partial charge in [-0.2, -0.15) is 0 Å². The summed E-state index contributed by atoms with van der Waals surface area (Å²) in [5.41, 5.74) is 8.14. The minimum absolute atomic E-state index is 0.434. The third-order valence-electron chi connectivity index (χ3n) is 3.84. The SMILES string of the molecule is CC(C)Nc1cc2c(cc1N(C)C)Cc1ccccc1-2. The van der Waals surface area contributed by atoms with E-state index in [0.29, 0.717) is 6.04 Å². The zero-order chi connectivity index (χ0) is 14.3. The number of rotatable bonds is 3. The quantitative estimate of drug-likeness (QED) is 0.766. The molecule has 0 amide bonds. The van der Waals surface area contributed by atoms with Crippen molar-refractivity contribution in [2.24, 2.45) is 0 Å². The van der Waals surface area contributed by atoms with E-state index in [1.807, 2.05) is 0 Å². The molecule has 2 heteroatoms. The molecule has 0 heterocycles. The molecule has 0 fully saturated rings. The normalized spacial score (nSPS) is 12.2. The number of nitrogens with one attached hydrogen (secondary N) is 1. The molecule has 3 rings (SSSR count). The van der Waals surface area contributed by atoms with Crippen molar-refractivity contribution in [2.75, 3.05) is 24.3 Å². The highest BCUT2D eigenvalue weighted by atomic mass is 15.1. The summed E-state index contributed by atoms with van der Waals surface area (Å²) in [6.07, 6.45) is 1.05. The summed E-state index contributed by atoms with van der Waals surface area (Å²) < 4.78 is 0. The fraction of sp³-hybridized carbons (Fsp3) is 0.333. The first-order valence-corrected chi connectivity index (χ1v) is 7.25. The predicted octanol–water partition coefficient (Wildman–Crippen LogP) is 4.14. The van der Waals surface area contributed by atoms with E-state index in [-0.39, 0.29) is 0 Å². The van der Waals surface area contributed by atoms with Gasteiger partial charge in [0.2, 0.25) is 0 Å². The molecule has 2 nitrogen and oxygen atoms in total. The van der Waals surface area contributed by atoms with Crippen LogP contribution in [0.3, 0.4) is 0 Å². The number of hydrogen-bond donors (Lipinski definition) is 1. The Labute approximate surface area is 121 Å². The molecule has 0 aliphatic heterocycles. The van der Waals surface area contributed by atoms with Gasteiger partial charge in [-0.15, -0.1) is 0 Å². The molecular weight excluding hydrogens is 244 g/mol. The van der Waals surface area contributed by atoms with E-state index in [9.17, 15) is 0 Å². The smallest absolute Gasteiger partial charge is 0.0600 e. The number of anilines is 2. The molecule has 2 aromatic carbocycles. The fourth-order valence-electron chi connectivity index (χ4n) is 2.97. The Kier molecular flexibility index (Phi) is 3.17. The Morgan fingerprint density at radius 1 is 1.00 bits per heavy atom. The van der Waals surface area contributed by atoms with Gasteiger partial charge >= 0.3 is 0 Å². The van der Waals surface area contributed by atoms with E-state index in [1.165, 1.54) is 33.6 Å². The van der Waals surface area contributed by atoms with Gasteiger partial charge in [0, 0.05) is 20.1 Å². The first-order valence-electron chi connectivity index (χ1n) is 7.25. The van der Waals surface area contributed by atoms with Gasteiger partial charge in [-0.05, 0) is 54.7 Å². The monoisotopic (exact) mass is 266 g/mol. The second kappa shape index (κ2) is 4.86. The minimum Gasteiger partial charge on any atom is -0.381 e. The zero-order valence-corrected chi connectivity index (χ0v) is 12.7. The van der Waals surface area contributed by atoms with Crippen molar-refractivity contribution < 1.29 is 0 Å². The summed E-state index contributed by atoms with van der Waals surface area (Å²) in [4.78, 5) is 2.19. The topological polar surface area (TPSA) is 15.3 Å². The van der Waals surface area contributed by atoms with Crippen molar-refractivity contribution in [1.29, 1.82) is 0 Å². The van der Waals surface area contributed by atoms with Gasteiger partial charge in [0.05, 0.1) is 11.4 Å². The maximum atomic E-state index is 3.57. The summed E-state index contributed by atoms with van der Waals surface area (Å²) in [5, 5.41) is 3.57. The standard InChI is InChI=1S/C18H22N2/c1-12(2)19-17-11-16-14(10-18(17)20(3)4)9-13-7-5-6-8-15(13)16/h5-8,10-12,19H,9H2,1-4H3. The lowest BCUT2D eigenvalue weighted by Gasteiger charge is -2.22. The molecular formula is C18H22N2. The lowest BCUT2D eigenvalue weighted by molar-refractivity contribution is 0.897. The largest absolute Gasteiger partial charge is 0.381 e. The van der Waals surface area contributed by atoms with Crippen LogP contribution in [0.2, 0.25) is 0 Å². The molecule has 1 aliphatic carbocycles. The Balaban J connectivity index is 2.14. The van der Waals surface area contributed by atoms with Crippen LogP contribution < -0.4 is 10.2 Å². The molecule has 0 bridgehead atoms. The number of benzene rings is 2. The molecule has 1 N–H and O–H groups in total. The van der Waals surface area contributed by atoms with E-state index < -0.39 is 0 Å². The average molecular weight is 266 g/mol. The van der Waals surface area contributed by atoms with Gasteiger partial charge in [-0.1, -0.05) is 24.3 Å². The molecule has 2 aromatic rings. The maximum absolute atomic E-state index is 3.57. The van der Waals surface area contributed by atoms with Crippen LogP contribution in [0.4, 0.5) is 11.4 Å². The third-order valence-corrected chi connectivity index (χ3v) is 3.84. The average Bonchev–Trinajstić information content (AvgIpc) is 2.75. The number of fused-ring (bicyclic) bond motifs is 3. The molecule has 0 unspecified atom stereocenters. The zero-order valence-electron chi connectivity index (χ0n) is 12.7. The Hall–Kier alpha value is -1.96. The van der Waals surface area contributed by atoms with Crippen molar-refractivity contribution in [3.05, 3.63) is 47.5 Å². The van der Waals surface area contributed by atoms with E-state index in [4.69, 9.17) is 0 Å². The molecule has 0 spiro atoms. The van der Waals surface area contributed by atoms with Crippen molar-refractivity contribution >= 4 is 11.4 Å². The summed E-state index contributed by atoms with van der Waals surface area (Å²) in [5.74, 6) is 0. The van der Waals surface area contributed by atoms with E-state index >= 15 is 0 Å². The molecule has 20 heavy (non-hydrogen) atoms. The van der Waals surface area contributed by atoms with Gasteiger partial charge in [-0.3, -0.25) is 0 Å². The lowest BCUT2D eigenvalue weighted by atomic mass is 10.0. The summed E-state index contributed by atoms with van der Waals surface area (Å²) in [6, 6.07) is 13.8. The molecule has 0 radical (unpaired) electrons. The highest BCUT2D eigenvalue weighted by Crippen LogP contribution is 2.41. The maximum Gasteiger partial charge on any atom is 0.0600 e. The second-order valence-corrected chi connectivity index (χ2v) is 6.05. The number of nitrogens with zero attached hydrogens (tertiary/aromatic N) is 1. The minimum atomic E-state index is 0.434. The van der Waals surface area contributed by atoms with Crippen LogP contribution in [0.15, 0.2) is 36.4 Å². The van der Waals surface area contributed by atoms with E-state index in [1.54, 1.807) is 0 Å². The van der Waals surface area contributed by atoms with Gasteiger partial charge in [0.25, 0.3) is 0 Å². The van der Waals surface area contributed by atoms with Gasteiger partial charge < -0.3 is 10.2 Å². The number of hydrogen-bond acceptors (Lipinski definition) is 2. The van der Waals surface area contributed by atoms with Gasteiger partial charge in [0.15, 0.2) is 0 Å². The van der Waals surface area contributed by atoms with Crippen molar-refractivity contribution in [3.63, 3.8) is 0 Å². The third kappa shape index (κ3) is 2.15. The molecule has 1 aliphatic rings. The highest BCUT2D eigenvalue weighted by Gasteiger charge is 2.20. The van der Waals surface area contributed by atoms with E-state index in [0.717, 1.165) is 6.42 Å². The fourth-order valence-corrected chi connectivity index (χ4v) is 2.97. The predicted molar refractivity (Wildman–Crippen MR) is 87.8 cm³/mol. The van der Waals surface area contributed by atoms with Crippen LogP contribution >= 0.6 is 0 Å². The lowest BCUT2D eigenvalue weighted by Crippen LogP contribution is -2.16. The van der Waals surface area contributed by atoms with Crippen molar-refractivity contribution in [3.8, 4) is 11.1 Å². The van der Waals surface area contributed by atoms with Gasteiger partial charge in [0.1, 0.15) is 0 Å². The van der Waals surface area contributed by atoms with Crippen LogP contribution in [-0.2, 0) is 6.42 Å². The first kappa shape index (κ1) is 13.0. The van der Waals surface area contributed by atoms with Crippen molar-refractivity contribution in [1.82, 2.24) is 0 Å². The Morgan fingerprint density at radius 2 is 1.75 bits per heavy atom. The molecule has 0 saturated heterocycles. The first-order chi connectivity index (χ1) is 9.56. The van der Waals surface area contributed by atoms with Crippen LogP contribution in [0, 0.1) is 0 Å². The van der Waals surface area contributed by atoms with Crippen LogP contribution in [0.1, 0.15) is 25.0 Å². The van der Waals surface area contributed by atoms with Crippen LogP contribution in [0.5, 0.6) is 0 Å². The second-order valence-electron chi connectivity index (χ2n) is 6.05. The highest BCUT2D eigenvalue weighted by molar-refractivity contribution is 5.85. The van der Waals surface area contributed by atoms with Gasteiger partial charge in [-0.25, -0.2) is 0 Å². The van der Waals surface area contributed by atoms with Crippen LogP contribution in [-0.4, -0.2) is 20.1 Å². The molecule has 104 valence electrons. The summed E-state index contributed by atoms with van der Waals surface area (Å²) >= 11 is 0. The van der Waals surface area contributed by atoms with Crippen LogP contribution in [0.25, 0.3) is 11.1 Å². The summed E-state index contributed by atoms with van der Waals surface area (Å²) in [7, 11) is 4.21. The van der Waals surface area contributed by atoms with Crippen molar-refractivity contribution in [2.45, 2.75) is 26.3 Å². The molecule has 0 saturated carbocycles.